The van der Waals surface area contributed by atoms with Crippen molar-refractivity contribution in [3.8, 4) is 0 Å². The van der Waals surface area contributed by atoms with E-state index >= 15 is 0 Å². The van der Waals surface area contributed by atoms with E-state index in [4.69, 9.17) is 4.74 Å². The molecule has 0 heterocycles. The number of benzene rings is 1. The van der Waals surface area contributed by atoms with E-state index in [0.29, 0.717) is 5.41 Å². The Morgan fingerprint density at radius 2 is 2.05 bits per heavy atom. The predicted octanol–water partition coefficient (Wildman–Crippen LogP) is 3.82. The van der Waals surface area contributed by atoms with Crippen molar-refractivity contribution in [2.24, 2.45) is 11.3 Å². The highest BCUT2D eigenvalue weighted by molar-refractivity contribution is 7.99. The van der Waals surface area contributed by atoms with Gasteiger partial charge >= 0.3 is 0 Å². The molecule has 112 valence electrons. The first-order valence-corrected chi connectivity index (χ1v) is 8.61. The SMILES string of the molecule is COCCNCC(C)(CCSc1ccccc1)C1CC1. The van der Waals surface area contributed by atoms with Gasteiger partial charge in [-0.15, -0.1) is 11.8 Å². The van der Waals surface area contributed by atoms with E-state index in [0.717, 1.165) is 25.6 Å². The minimum absolute atomic E-state index is 0.454. The minimum atomic E-state index is 0.454. The normalized spacial score (nSPS) is 17.9. The first kappa shape index (κ1) is 15.9. The number of hydrogen-bond donors (Lipinski definition) is 1. The summed E-state index contributed by atoms with van der Waals surface area (Å²) < 4.78 is 5.11. The molecule has 1 aromatic carbocycles. The van der Waals surface area contributed by atoms with Gasteiger partial charge in [0.15, 0.2) is 0 Å². The molecule has 2 nitrogen and oxygen atoms in total. The Morgan fingerprint density at radius 3 is 2.70 bits per heavy atom. The number of nitrogens with one attached hydrogen (secondary N) is 1. The van der Waals surface area contributed by atoms with Gasteiger partial charge in [0.2, 0.25) is 0 Å². The first-order valence-electron chi connectivity index (χ1n) is 7.62. The molecule has 3 heteroatoms. The van der Waals surface area contributed by atoms with Crippen molar-refractivity contribution in [3.05, 3.63) is 30.3 Å². The third-order valence-corrected chi connectivity index (χ3v) is 5.27. The van der Waals surface area contributed by atoms with Crippen LogP contribution in [-0.4, -0.2) is 32.6 Å². The van der Waals surface area contributed by atoms with Crippen molar-refractivity contribution >= 4 is 11.8 Å². The van der Waals surface area contributed by atoms with Crippen molar-refractivity contribution in [3.63, 3.8) is 0 Å². The maximum atomic E-state index is 5.11. The van der Waals surface area contributed by atoms with Crippen LogP contribution in [-0.2, 0) is 4.74 Å². The lowest BCUT2D eigenvalue weighted by atomic mass is 9.82. The third-order valence-electron chi connectivity index (χ3n) is 4.26. The van der Waals surface area contributed by atoms with Crippen molar-refractivity contribution in [2.75, 3.05) is 32.6 Å². The van der Waals surface area contributed by atoms with E-state index in [1.807, 2.05) is 11.8 Å². The van der Waals surface area contributed by atoms with E-state index in [1.54, 1.807) is 7.11 Å². The van der Waals surface area contributed by atoms with Crippen LogP contribution in [0.3, 0.4) is 0 Å². The van der Waals surface area contributed by atoms with Gasteiger partial charge in [-0.05, 0) is 48.5 Å². The van der Waals surface area contributed by atoms with Crippen molar-refractivity contribution in [2.45, 2.75) is 31.1 Å². The van der Waals surface area contributed by atoms with Gasteiger partial charge in [0.25, 0.3) is 0 Å². The van der Waals surface area contributed by atoms with E-state index in [1.165, 1.54) is 29.9 Å². The summed E-state index contributed by atoms with van der Waals surface area (Å²) in [6.07, 6.45) is 4.12. The largest absolute Gasteiger partial charge is 0.383 e. The van der Waals surface area contributed by atoms with Gasteiger partial charge in [-0.2, -0.15) is 0 Å². The monoisotopic (exact) mass is 293 g/mol. The number of thioether (sulfide) groups is 1. The summed E-state index contributed by atoms with van der Waals surface area (Å²) in [4.78, 5) is 1.39. The standard InChI is InChI=1S/C17H27NOS/c1-17(15-8-9-15,14-18-11-12-19-2)10-13-20-16-6-4-3-5-7-16/h3-7,15,18H,8-14H2,1-2H3. The maximum absolute atomic E-state index is 5.11. The zero-order valence-electron chi connectivity index (χ0n) is 12.7. The highest BCUT2D eigenvalue weighted by Gasteiger charge is 2.40. The zero-order chi connectivity index (χ0) is 14.3. The molecule has 1 atom stereocenters. The van der Waals surface area contributed by atoms with Crippen LogP contribution in [0.4, 0.5) is 0 Å². The minimum Gasteiger partial charge on any atom is -0.383 e. The summed E-state index contributed by atoms with van der Waals surface area (Å²) in [6.45, 7) is 5.34. The molecular weight excluding hydrogens is 266 g/mol. The molecule has 0 saturated heterocycles. The summed E-state index contributed by atoms with van der Waals surface area (Å²) in [5, 5.41) is 3.56. The number of methoxy groups -OCH3 is 1. The zero-order valence-corrected chi connectivity index (χ0v) is 13.5. The van der Waals surface area contributed by atoms with Crippen molar-refractivity contribution < 1.29 is 4.74 Å². The fourth-order valence-electron chi connectivity index (χ4n) is 2.68. The molecule has 1 aromatic rings. The summed E-state index contributed by atoms with van der Waals surface area (Å²) in [5.41, 5.74) is 0.454. The summed E-state index contributed by atoms with van der Waals surface area (Å²) in [6, 6.07) is 10.7. The molecule has 1 unspecified atom stereocenters. The lowest BCUT2D eigenvalue weighted by Gasteiger charge is -2.30. The van der Waals surface area contributed by atoms with Crippen LogP contribution in [0.2, 0.25) is 0 Å². The second kappa shape index (κ2) is 8.06. The molecule has 1 fully saturated rings. The first-order chi connectivity index (χ1) is 9.74. The Labute approximate surface area is 127 Å². The highest BCUT2D eigenvalue weighted by atomic mass is 32.2. The molecule has 0 aromatic heterocycles. The van der Waals surface area contributed by atoms with Crippen LogP contribution < -0.4 is 5.32 Å². The molecule has 2 rings (SSSR count). The van der Waals surface area contributed by atoms with E-state index < -0.39 is 0 Å². The molecule has 1 aliphatic carbocycles. The predicted molar refractivity (Wildman–Crippen MR) is 87.4 cm³/mol. The van der Waals surface area contributed by atoms with Crippen LogP contribution in [0, 0.1) is 11.3 Å². The van der Waals surface area contributed by atoms with Gasteiger partial charge in [0.05, 0.1) is 6.61 Å². The van der Waals surface area contributed by atoms with Crippen LogP contribution in [0.5, 0.6) is 0 Å². The van der Waals surface area contributed by atoms with Gasteiger partial charge in [0.1, 0.15) is 0 Å². The lowest BCUT2D eigenvalue weighted by molar-refractivity contribution is 0.186. The Bertz CT molecular complexity index is 380. The lowest BCUT2D eigenvalue weighted by Crippen LogP contribution is -2.35. The van der Waals surface area contributed by atoms with Crippen molar-refractivity contribution in [1.29, 1.82) is 0 Å². The molecule has 0 radical (unpaired) electrons. The fraction of sp³-hybridized carbons (Fsp3) is 0.647. The van der Waals surface area contributed by atoms with Gasteiger partial charge < -0.3 is 10.1 Å². The summed E-state index contributed by atoms with van der Waals surface area (Å²) >= 11 is 1.98. The molecule has 1 saturated carbocycles. The average Bonchev–Trinajstić information content (AvgIpc) is 3.30. The highest BCUT2D eigenvalue weighted by Crippen LogP contribution is 2.47. The fourth-order valence-corrected chi connectivity index (χ4v) is 3.84. The molecule has 0 aliphatic heterocycles. The van der Waals surface area contributed by atoms with E-state index in [2.05, 4.69) is 42.6 Å². The van der Waals surface area contributed by atoms with Crippen LogP contribution in [0.15, 0.2) is 35.2 Å². The van der Waals surface area contributed by atoms with Crippen LogP contribution >= 0.6 is 11.8 Å². The number of ether oxygens (including phenoxy) is 1. The smallest absolute Gasteiger partial charge is 0.0587 e. The Morgan fingerprint density at radius 1 is 1.30 bits per heavy atom. The molecule has 1 N–H and O–H groups in total. The topological polar surface area (TPSA) is 21.3 Å². The molecule has 0 spiro atoms. The number of hydrogen-bond acceptors (Lipinski definition) is 3. The van der Waals surface area contributed by atoms with Gasteiger partial charge in [-0.3, -0.25) is 0 Å². The third kappa shape index (κ3) is 5.12. The maximum Gasteiger partial charge on any atom is 0.0587 e. The molecular formula is C17H27NOS. The van der Waals surface area contributed by atoms with Crippen LogP contribution in [0.1, 0.15) is 26.2 Å². The van der Waals surface area contributed by atoms with Crippen LogP contribution in [0.25, 0.3) is 0 Å². The van der Waals surface area contributed by atoms with Gasteiger partial charge in [-0.25, -0.2) is 0 Å². The Balaban J connectivity index is 1.74. The van der Waals surface area contributed by atoms with Crippen molar-refractivity contribution in [1.82, 2.24) is 5.32 Å². The Kier molecular flexibility index (Phi) is 6.40. The second-order valence-corrected chi connectivity index (χ2v) is 7.18. The number of rotatable bonds is 10. The Hall–Kier alpha value is -0.510. The molecule has 0 amide bonds. The second-order valence-electron chi connectivity index (χ2n) is 6.01. The quantitative estimate of drug-likeness (QED) is 0.523. The van der Waals surface area contributed by atoms with Gasteiger partial charge in [-0.1, -0.05) is 25.1 Å². The van der Waals surface area contributed by atoms with Gasteiger partial charge in [0, 0.05) is 25.1 Å². The van der Waals surface area contributed by atoms with E-state index in [-0.39, 0.29) is 0 Å². The molecule has 1 aliphatic rings. The summed E-state index contributed by atoms with van der Waals surface area (Å²) in [7, 11) is 1.76. The summed E-state index contributed by atoms with van der Waals surface area (Å²) in [5.74, 6) is 2.14. The average molecular weight is 293 g/mol. The molecule has 20 heavy (non-hydrogen) atoms. The van der Waals surface area contributed by atoms with E-state index in [9.17, 15) is 0 Å². The molecule has 0 bridgehead atoms.